The van der Waals surface area contributed by atoms with E-state index in [9.17, 15) is 13.2 Å². The van der Waals surface area contributed by atoms with Crippen LogP contribution in [0.3, 0.4) is 0 Å². The van der Waals surface area contributed by atoms with Crippen LogP contribution in [0.1, 0.15) is 26.2 Å². The van der Waals surface area contributed by atoms with Gasteiger partial charge in [0.1, 0.15) is 4.21 Å². The smallest absolute Gasteiger partial charge is 0.252 e. The molecule has 0 bridgehead atoms. The monoisotopic (exact) mass is 360 g/mol. The molecule has 1 aromatic rings. The van der Waals surface area contributed by atoms with Gasteiger partial charge in [0, 0.05) is 38.8 Å². The predicted octanol–water partition coefficient (Wildman–Crippen LogP) is 1.69. The first kappa shape index (κ1) is 18.4. The highest BCUT2D eigenvalue weighted by atomic mass is 32.2. The van der Waals surface area contributed by atoms with E-state index in [0.717, 1.165) is 6.42 Å². The molecule has 6 nitrogen and oxygen atoms in total. The SMILES string of the molecule is CCOCCCNC(=O)C1CCN(S(=O)(=O)c2cccs2)CC1. The van der Waals surface area contributed by atoms with E-state index in [-0.39, 0.29) is 11.8 Å². The summed E-state index contributed by atoms with van der Waals surface area (Å²) in [6.07, 6.45) is 1.94. The lowest BCUT2D eigenvalue weighted by Crippen LogP contribution is -2.43. The highest BCUT2D eigenvalue weighted by molar-refractivity contribution is 7.91. The molecule has 1 fully saturated rings. The maximum atomic E-state index is 12.4. The zero-order valence-electron chi connectivity index (χ0n) is 13.4. The Bertz CT molecular complexity index is 579. The highest BCUT2D eigenvalue weighted by Gasteiger charge is 2.32. The fraction of sp³-hybridized carbons (Fsp3) is 0.667. The number of carbonyl (C=O) groups excluding carboxylic acids is 1. The minimum atomic E-state index is -3.39. The Balaban J connectivity index is 1.76. The normalized spacial score (nSPS) is 17.3. The number of thiophene rings is 1. The highest BCUT2D eigenvalue weighted by Crippen LogP contribution is 2.26. The summed E-state index contributed by atoms with van der Waals surface area (Å²) >= 11 is 1.23. The molecule has 1 aliphatic heterocycles. The van der Waals surface area contributed by atoms with E-state index < -0.39 is 10.0 Å². The number of rotatable bonds is 8. The predicted molar refractivity (Wildman–Crippen MR) is 89.9 cm³/mol. The second-order valence-corrected chi connectivity index (χ2v) is 8.56. The van der Waals surface area contributed by atoms with Gasteiger partial charge in [0.25, 0.3) is 10.0 Å². The van der Waals surface area contributed by atoms with E-state index >= 15 is 0 Å². The molecule has 0 saturated carbocycles. The first-order chi connectivity index (χ1) is 11.1. The third kappa shape index (κ3) is 5.00. The first-order valence-electron chi connectivity index (χ1n) is 7.94. The van der Waals surface area contributed by atoms with Crippen LogP contribution in [0.25, 0.3) is 0 Å². The lowest BCUT2D eigenvalue weighted by Gasteiger charge is -2.30. The van der Waals surface area contributed by atoms with Crippen LogP contribution >= 0.6 is 11.3 Å². The summed E-state index contributed by atoms with van der Waals surface area (Å²) in [7, 11) is -3.39. The zero-order chi connectivity index (χ0) is 16.7. The third-order valence-corrected chi connectivity index (χ3v) is 7.15. The number of sulfonamides is 1. The van der Waals surface area contributed by atoms with Crippen molar-refractivity contribution >= 4 is 27.3 Å². The van der Waals surface area contributed by atoms with Crippen LogP contribution in [0.5, 0.6) is 0 Å². The average Bonchev–Trinajstić information content (AvgIpc) is 3.10. The summed E-state index contributed by atoms with van der Waals surface area (Å²) in [6.45, 7) is 4.68. The first-order valence-corrected chi connectivity index (χ1v) is 10.3. The van der Waals surface area contributed by atoms with E-state index in [4.69, 9.17) is 4.74 Å². The largest absolute Gasteiger partial charge is 0.382 e. The van der Waals surface area contributed by atoms with Crippen LogP contribution in [0.4, 0.5) is 0 Å². The van der Waals surface area contributed by atoms with Crippen LogP contribution in [0, 0.1) is 5.92 Å². The number of carbonyl (C=O) groups is 1. The van der Waals surface area contributed by atoms with Crippen molar-refractivity contribution in [2.45, 2.75) is 30.4 Å². The van der Waals surface area contributed by atoms with Crippen molar-refractivity contribution in [1.29, 1.82) is 0 Å². The molecule has 0 radical (unpaired) electrons. The number of nitrogens with zero attached hydrogens (tertiary/aromatic N) is 1. The lowest BCUT2D eigenvalue weighted by atomic mass is 9.97. The number of hydrogen-bond donors (Lipinski definition) is 1. The Morgan fingerprint density at radius 2 is 2.17 bits per heavy atom. The Labute approximate surface area is 141 Å². The number of nitrogens with one attached hydrogen (secondary N) is 1. The van der Waals surface area contributed by atoms with Gasteiger partial charge in [-0.1, -0.05) is 6.07 Å². The molecule has 1 aliphatic rings. The van der Waals surface area contributed by atoms with Gasteiger partial charge in [-0.15, -0.1) is 11.3 Å². The van der Waals surface area contributed by atoms with Crippen molar-refractivity contribution in [2.24, 2.45) is 5.92 Å². The van der Waals surface area contributed by atoms with Gasteiger partial charge in [0.2, 0.25) is 5.91 Å². The van der Waals surface area contributed by atoms with Gasteiger partial charge in [0.15, 0.2) is 0 Å². The average molecular weight is 361 g/mol. The number of hydrogen-bond acceptors (Lipinski definition) is 5. The van der Waals surface area contributed by atoms with E-state index in [2.05, 4.69) is 5.32 Å². The van der Waals surface area contributed by atoms with E-state index in [1.54, 1.807) is 17.5 Å². The van der Waals surface area contributed by atoms with E-state index in [1.165, 1.54) is 15.6 Å². The second kappa shape index (κ2) is 8.77. The molecule has 8 heteroatoms. The van der Waals surface area contributed by atoms with Gasteiger partial charge in [0.05, 0.1) is 0 Å². The standard InChI is InChI=1S/C15H24N2O4S2/c1-2-21-11-4-8-16-15(18)13-6-9-17(10-7-13)23(19,20)14-5-3-12-22-14/h3,5,12-13H,2,4,6-11H2,1H3,(H,16,18). The van der Waals surface area contributed by atoms with Crippen LogP contribution < -0.4 is 5.32 Å². The van der Waals surface area contributed by atoms with Crippen molar-refractivity contribution in [3.63, 3.8) is 0 Å². The molecule has 1 aromatic heterocycles. The quantitative estimate of drug-likeness (QED) is 0.716. The van der Waals surface area contributed by atoms with Gasteiger partial charge in [-0.2, -0.15) is 4.31 Å². The maximum absolute atomic E-state index is 12.4. The molecule has 2 rings (SSSR count). The van der Waals surface area contributed by atoms with Crippen molar-refractivity contribution < 1.29 is 17.9 Å². The molecule has 23 heavy (non-hydrogen) atoms. The van der Waals surface area contributed by atoms with Gasteiger partial charge < -0.3 is 10.1 Å². The van der Waals surface area contributed by atoms with E-state index in [0.29, 0.717) is 49.9 Å². The number of piperidine rings is 1. The molecule has 0 spiro atoms. The minimum absolute atomic E-state index is 0.0228. The second-order valence-electron chi connectivity index (χ2n) is 5.45. The van der Waals surface area contributed by atoms with Crippen LogP contribution in [-0.2, 0) is 19.6 Å². The third-order valence-electron chi connectivity index (χ3n) is 3.88. The Morgan fingerprint density at radius 3 is 2.78 bits per heavy atom. The molecular formula is C15H24N2O4S2. The van der Waals surface area contributed by atoms with Crippen LogP contribution in [0.2, 0.25) is 0 Å². The molecule has 0 atom stereocenters. The fourth-order valence-electron chi connectivity index (χ4n) is 2.57. The molecule has 0 aromatic carbocycles. The molecule has 1 amide bonds. The van der Waals surface area contributed by atoms with Crippen molar-refractivity contribution in [3.05, 3.63) is 17.5 Å². The molecule has 0 aliphatic carbocycles. The Morgan fingerprint density at radius 1 is 1.43 bits per heavy atom. The Hall–Kier alpha value is -0.960. The summed E-state index contributed by atoms with van der Waals surface area (Å²) in [5, 5.41) is 4.67. The number of amides is 1. The van der Waals surface area contributed by atoms with Gasteiger partial charge >= 0.3 is 0 Å². The Kier molecular flexibility index (Phi) is 7.01. The van der Waals surface area contributed by atoms with Gasteiger partial charge in [-0.05, 0) is 37.6 Å². The van der Waals surface area contributed by atoms with Crippen molar-refractivity contribution in [2.75, 3.05) is 32.8 Å². The van der Waals surface area contributed by atoms with Crippen molar-refractivity contribution in [1.82, 2.24) is 9.62 Å². The molecule has 0 unspecified atom stereocenters. The minimum Gasteiger partial charge on any atom is -0.382 e. The van der Waals surface area contributed by atoms with Gasteiger partial charge in [-0.3, -0.25) is 4.79 Å². The summed E-state index contributed by atoms with van der Waals surface area (Å²) < 4.78 is 31.9. The van der Waals surface area contributed by atoms with Crippen molar-refractivity contribution in [3.8, 4) is 0 Å². The van der Waals surface area contributed by atoms with E-state index in [1.807, 2.05) is 6.92 Å². The fourth-order valence-corrected chi connectivity index (χ4v) is 5.18. The van der Waals surface area contributed by atoms with Gasteiger partial charge in [-0.25, -0.2) is 8.42 Å². The summed E-state index contributed by atoms with van der Waals surface area (Å²) in [5.41, 5.74) is 0. The topological polar surface area (TPSA) is 75.7 Å². The molecule has 2 heterocycles. The molecule has 130 valence electrons. The summed E-state index contributed by atoms with van der Waals surface area (Å²) in [4.78, 5) is 12.1. The summed E-state index contributed by atoms with van der Waals surface area (Å²) in [6, 6.07) is 3.36. The number of ether oxygens (including phenoxy) is 1. The maximum Gasteiger partial charge on any atom is 0.252 e. The molecule has 1 N–H and O–H groups in total. The summed E-state index contributed by atoms with van der Waals surface area (Å²) in [5.74, 6) is -0.0773. The lowest BCUT2D eigenvalue weighted by molar-refractivity contribution is -0.126. The molecular weight excluding hydrogens is 336 g/mol. The van der Waals surface area contributed by atoms with Crippen LogP contribution in [0.15, 0.2) is 21.7 Å². The zero-order valence-corrected chi connectivity index (χ0v) is 15.0. The van der Waals surface area contributed by atoms with Crippen LogP contribution in [-0.4, -0.2) is 51.5 Å². The molecule has 1 saturated heterocycles.